The Hall–Kier alpha value is -3.85. The standard InChI is InChI=1S/C38H40ClF3N2O3/c1-28(27-47-33-16-8-10-29(22-33)23-36(45)44-18-20-46-21-19-44)24-43(25-32-15-9-17-35(37(32)39)38(40,41)42)26-34(30-11-4-2-5-12-30)31-13-6-3-7-14-31/h2-17,22,28,34H,18-21,23-27H2,1H3/t28-/m1/s1. The SMILES string of the molecule is C[C@@H](COc1cccc(CC(=O)N2CCOCC2)c1)CN(Cc1cccc(C(F)(F)F)c1Cl)CC(c1ccccc1)c1ccccc1. The second kappa shape index (κ2) is 16.3. The van der Waals surface area contributed by atoms with Crippen molar-refractivity contribution >= 4 is 17.5 Å². The van der Waals surface area contributed by atoms with Gasteiger partial charge in [0.05, 0.1) is 36.8 Å². The first-order valence-corrected chi connectivity index (χ1v) is 16.3. The first kappa shape index (κ1) is 34.5. The van der Waals surface area contributed by atoms with Crippen molar-refractivity contribution in [3.63, 3.8) is 0 Å². The van der Waals surface area contributed by atoms with E-state index in [0.29, 0.717) is 63.7 Å². The summed E-state index contributed by atoms with van der Waals surface area (Å²) in [7, 11) is 0. The van der Waals surface area contributed by atoms with E-state index in [-0.39, 0.29) is 29.3 Å². The van der Waals surface area contributed by atoms with Crippen LogP contribution in [0.3, 0.4) is 0 Å². The highest BCUT2D eigenvalue weighted by molar-refractivity contribution is 6.32. The quantitative estimate of drug-likeness (QED) is 0.145. The van der Waals surface area contributed by atoms with Crippen LogP contribution in [0.25, 0.3) is 0 Å². The number of amides is 1. The zero-order valence-corrected chi connectivity index (χ0v) is 27.2. The zero-order chi connectivity index (χ0) is 33.2. The first-order chi connectivity index (χ1) is 22.7. The second-order valence-corrected chi connectivity index (χ2v) is 12.5. The van der Waals surface area contributed by atoms with Gasteiger partial charge in [-0.05, 0) is 40.5 Å². The maximum atomic E-state index is 13.7. The molecule has 0 unspecified atom stereocenters. The minimum atomic E-state index is -4.54. The fraction of sp³-hybridized carbons (Fsp3) is 0.342. The fourth-order valence-electron chi connectivity index (χ4n) is 5.97. The van der Waals surface area contributed by atoms with Gasteiger partial charge in [0.25, 0.3) is 0 Å². The number of carbonyl (C=O) groups excluding carboxylic acids is 1. The molecule has 248 valence electrons. The highest BCUT2D eigenvalue weighted by atomic mass is 35.5. The van der Waals surface area contributed by atoms with Gasteiger partial charge in [-0.25, -0.2) is 0 Å². The van der Waals surface area contributed by atoms with E-state index in [1.807, 2.05) is 65.6 Å². The number of rotatable bonds is 13. The Morgan fingerprint density at radius 3 is 2.17 bits per heavy atom. The van der Waals surface area contributed by atoms with Crippen LogP contribution in [-0.2, 0) is 28.7 Å². The molecule has 1 saturated heterocycles. The van der Waals surface area contributed by atoms with E-state index < -0.39 is 11.7 Å². The van der Waals surface area contributed by atoms with Crippen LogP contribution in [0.15, 0.2) is 103 Å². The van der Waals surface area contributed by atoms with Gasteiger partial charge in [0.1, 0.15) is 5.75 Å². The topological polar surface area (TPSA) is 42.0 Å². The maximum Gasteiger partial charge on any atom is 0.417 e. The summed E-state index contributed by atoms with van der Waals surface area (Å²) in [6.45, 7) is 6.11. The van der Waals surface area contributed by atoms with Crippen molar-refractivity contribution in [2.45, 2.75) is 32.0 Å². The lowest BCUT2D eigenvalue weighted by Crippen LogP contribution is -2.41. The molecule has 1 atom stereocenters. The van der Waals surface area contributed by atoms with Gasteiger partial charge >= 0.3 is 6.18 Å². The van der Waals surface area contributed by atoms with Crippen LogP contribution in [0.5, 0.6) is 5.75 Å². The second-order valence-electron chi connectivity index (χ2n) is 12.1. The van der Waals surface area contributed by atoms with Crippen LogP contribution in [0.2, 0.25) is 5.02 Å². The summed E-state index contributed by atoms with van der Waals surface area (Å²) in [6, 6.07) is 31.9. The summed E-state index contributed by atoms with van der Waals surface area (Å²) in [5.41, 5.74) is 2.70. The van der Waals surface area contributed by atoms with Crippen LogP contribution < -0.4 is 4.74 Å². The number of benzene rings is 4. The molecule has 0 radical (unpaired) electrons. The highest BCUT2D eigenvalue weighted by Crippen LogP contribution is 2.37. The van der Waals surface area contributed by atoms with Gasteiger partial charge < -0.3 is 14.4 Å². The van der Waals surface area contributed by atoms with Crippen molar-refractivity contribution in [2.75, 3.05) is 46.0 Å². The van der Waals surface area contributed by atoms with Crippen molar-refractivity contribution in [1.29, 1.82) is 0 Å². The summed E-state index contributed by atoms with van der Waals surface area (Å²) >= 11 is 6.38. The normalized spacial score (nSPS) is 14.4. The summed E-state index contributed by atoms with van der Waals surface area (Å²) in [4.78, 5) is 16.7. The predicted molar refractivity (Wildman–Crippen MR) is 179 cm³/mol. The molecule has 0 saturated carbocycles. The lowest BCUT2D eigenvalue weighted by Gasteiger charge is -2.31. The number of morpholine rings is 1. The Labute approximate surface area is 279 Å². The average Bonchev–Trinajstić information content (AvgIpc) is 3.08. The van der Waals surface area contributed by atoms with E-state index in [9.17, 15) is 18.0 Å². The number of nitrogens with zero attached hydrogens (tertiary/aromatic N) is 2. The molecule has 4 aromatic rings. The van der Waals surface area contributed by atoms with Gasteiger partial charge in [-0.15, -0.1) is 0 Å². The Morgan fingerprint density at radius 2 is 1.53 bits per heavy atom. The molecule has 0 aliphatic carbocycles. The Kier molecular flexibility index (Phi) is 12.0. The number of halogens is 4. The molecule has 0 spiro atoms. The summed E-state index contributed by atoms with van der Waals surface area (Å²) < 4.78 is 52.8. The summed E-state index contributed by atoms with van der Waals surface area (Å²) in [5, 5.41) is -0.270. The van der Waals surface area contributed by atoms with Crippen LogP contribution >= 0.6 is 11.6 Å². The molecule has 47 heavy (non-hydrogen) atoms. The Morgan fingerprint density at radius 1 is 0.894 bits per heavy atom. The number of alkyl halides is 3. The Balaban J connectivity index is 1.32. The largest absolute Gasteiger partial charge is 0.493 e. The lowest BCUT2D eigenvalue weighted by atomic mass is 9.90. The van der Waals surface area contributed by atoms with Crippen LogP contribution in [0, 0.1) is 5.92 Å². The van der Waals surface area contributed by atoms with Gasteiger partial charge in [0, 0.05) is 44.6 Å². The number of carbonyl (C=O) groups is 1. The summed E-state index contributed by atoms with van der Waals surface area (Å²) in [6.07, 6.45) is -4.25. The van der Waals surface area contributed by atoms with Crippen molar-refractivity contribution in [3.8, 4) is 5.75 Å². The van der Waals surface area contributed by atoms with E-state index in [1.54, 1.807) is 6.07 Å². The highest BCUT2D eigenvalue weighted by Gasteiger charge is 2.34. The van der Waals surface area contributed by atoms with Crippen molar-refractivity contribution < 1.29 is 27.4 Å². The Bertz CT molecular complexity index is 1540. The monoisotopic (exact) mass is 664 g/mol. The molecule has 1 aliphatic rings. The third-order valence-corrected chi connectivity index (χ3v) is 8.79. The molecule has 5 rings (SSSR count). The maximum absolute atomic E-state index is 13.7. The van der Waals surface area contributed by atoms with E-state index in [0.717, 1.165) is 22.8 Å². The van der Waals surface area contributed by atoms with E-state index in [4.69, 9.17) is 21.1 Å². The van der Waals surface area contributed by atoms with Crippen LogP contribution in [0.1, 0.15) is 40.7 Å². The molecular weight excluding hydrogens is 625 g/mol. The molecule has 1 heterocycles. The molecule has 5 nitrogen and oxygen atoms in total. The molecule has 4 aromatic carbocycles. The first-order valence-electron chi connectivity index (χ1n) is 15.9. The third kappa shape index (κ3) is 9.83. The molecular formula is C38H40ClF3N2O3. The molecule has 0 bridgehead atoms. The molecule has 1 aliphatic heterocycles. The van der Waals surface area contributed by atoms with Crippen molar-refractivity contribution in [2.24, 2.45) is 5.92 Å². The summed E-state index contributed by atoms with van der Waals surface area (Å²) in [5.74, 6) is 0.735. The van der Waals surface area contributed by atoms with Gasteiger partial charge in [0.15, 0.2) is 0 Å². The van der Waals surface area contributed by atoms with Gasteiger partial charge in [0.2, 0.25) is 5.91 Å². The van der Waals surface area contributed by atoms with E-state index in [2.05, 4.69) is 36.1 Å². The van der Waals surface area contributed by atoms with Crippen molar-refractivity contribution in [1.82, 2.24) is 9.80 Å². The smallest absolute Gasteiger partial charge is 0.417 e. The predicted octanol–water partition coefficient (Wildman–Crippen LogP) is 8.11. The molecule has 0 aromatic heterocycles. The van der Waals surface area contributed by atoms with Crippen LogP contribution in [0.4, 0.5) is 13.2 Å². The zero-order valence-electron chi connectivity index (χ0n) is 26.5. The third-order valence-electron chi connectivity index (χ3n) is 8.34. The molecule has 0 N–H and O–H groups in total. The van der Waals surface area contributed by atoms with Gasteiger partial charge in [-0.3, -0.25) is 9.69 Å². The molecule has 1 amide bonds. The molecule has 1 fully saturated rings. The van der Waals surface area contributed by atoms with Gasteiger partial charge in [-0.2, -0.15) is 13.2 Å². The average molecular weight is 665 g/mol. The van der Waals surface area contributed by atoms with Gasteiger partial charge in [-0.1, -0.05) is 103 Å². The molecule has 9 heteroatoms. The van der Waals surface area contributed by atoms with E-state index >= 15 is 0 Å². The minimum absolute atomic E-state index is 0.0178. The van der Waals surface area contributed by atoms with Crippen molar-refractivity contribution in [3.05, 3.63) is 136 Å². The fourth-order valence-corrected chi connectivity index (χ4v) is 6.27. The number of hydrogen-bond acceptors (Lipinski definition) is 4. The minimum Gasteiger partial charge on any atom is -0.493 e. The number of hydrogen-bond donors (Lipinski definition) is 0. The van der Waals surface area contributed by atoms with E-state index in [1.165, 1.54) is 6.07 Å². The number of ether oxygens (including phenoxy) is 2. The lowest BCUT2D eigenvalue weighted by molar-refractivity contribution is -0.137. The van der Waals surface area contributed by atoms with Crippen LogP contribution in [-0.4, -0.2) is 61.7 Å².